The summed E-state index contributed by atoms with van der Waals surface area (Å²) in [6, 6.07) is 15.4. The number of imidazole rings is 1. The van der Waals surface area contributed by atoms with E-state index in [2.05, 4.69) is 50.9 Å². The van der Waals surface area contributed by atoms with Gasteiger partial charge in [-0.2, -0.15) is 0 Å². The molecule has 2 aromatic carbocycles. The Hall–Kier alpha value is -4.64. The van der Waals surface area contributed by atoms with Crippen LogP contribution >= 0.6 is 0 Å². The fourth-order valence-electron chi connectivity index (χ4n) is 7.80. The number of ether oxygens (including phenoxy) is 1. The Morgan fingerprint density at radius 3 is 2.42 bits per heavy atom. The molecular formula is C41H55N7O4. The van der Waals surface area contributed by atoms with Crippen molar-refractivity contribution >= 4 is 28.8 Å². The highest BCUT2D eigenvalue weighted by atomic mass is 16.6. The number of nitrogens with two attached hydrogens (primary N) is 1. The second-order valence-corrected chi connectivity index (χ2v) is 16.1. The summed E-state index contributed by atoms with van der Waals surface area (Å²) < 4.78 is 5.64. The summed E-state index contributed by atoms with van der Waals surface area (Å²) in [7, 11) is 0. The lowest BCUT2D eigenvalue weighted by molar-refractivity contribution is -0.159. The highest BCUT2D eigenvalue weighted by Gasteiger charge is 2.42. The van der Waals surface area contributed by atoms with E-state index in [-0.39, 0.29) is 17.4 Å². The Labute approximate surface area is 306 Å². The number of aromatic nitrogens is 3. The van der Waals surface area contributed by atoms with Gasteiger partial charge in [0, 0.05) is 42.8 Å². The summed E-state index contributed by atoms with van der Waals surface area (Å²) >= 11 is 0. The second kappa shape index (κ2) is 15.1. The minimum Gasteiger partial charge on any atom is -0.458 e. The van der Waals surface area contributed by atoms with Crippen LogP contribution in [0.5, 0.6) is 0 Å². The third-order valence-electron chi connectivity index (χ3n) is 10.9. The van der Waals surface area contributed by atoms with E-state index >= 15 is 0 Å². The number of nitrogens with one attached hydrogen (secondary N) is 4. The molecule has 1 aliphatic heterocycles. The zero-order valence-electron chi connectivity index (χ0n) is 31.3. The van der Waals surface area contributed by atoms with Gasteiger partial charge >= 0.3 is 12.0 Å². The molecule has 1 saturated heterocycles. The van der Waals surface area contributed by atoms with E-state index < -0.39 is 29.1 Å². The van der Waals surface area contributed by atoms with Crippen LogP contribution in [0.4, 0.5) is 4.79 Å². The first kappa shape index (κ1) is 37.1. The molecule has 0 bridgehead atoms. The van der Waals surface area contributed by atoms with Crippen molar-refractivity contribution in [3.63, 3.8) is 0 Å². The smallest absolute Gasteiger partial charge is 0.329 e. The van der Waals surface area contributed by atoms with E-state index in [1.54, 1.807) is 40.8 Å². The number of benzene rings is 2. The molecule has 11 heteroatoms. The molecule has 11 nitrogen and oxygen atoms in total. The summed E-state index contributed by atoms with van der Waals surface area (Å²) in [5.74, 6) is -0.264. The monoisotopic (exact) mass is 709 g/mol. The number of carbonyl (C=O) groups is 3. The number of urea groups is 1. The average molecular weight is 710 g/mol. The number of rotatable bonds is 12. The van der Waals surface area contributed by atoms with Crippen molar-refractivity contribution in [3.05, 3.63) is 89.1 Å². The van der Waals surface area contributed by atoms with Crippen molar-refractivity contribution < 1.29 is 19.1 Å². The first-order valence-corrected chi connectivity index (χ1v) is 18.8. The van der Waals surface area contributed by atoms with Crippen LogP contribution in [0.25, 0.3) is 10.9 Å². The van der Waals surface area contributed by atoms with Crippen molar-refractivity contribution in [1.82, 2.24) is 30.5 Å². The number of esters is 1. The first-order chi connectivity index (χ1) is 24.8. The maximum Gasteiger partial charge on any atom is 0.329 e. The van der Waals surface area contributed by atoms with Gasteiger partial charge in [0.15, 0.2) is 0 Å². The molecule has 6 rings (SSSR count). The number of hydrogen-bond donors (Lipinski definition) is 5. The topological polar surface area (TPSA) is 158 Å². The molecule has 0 radical (unpaired) electrons. The van der Waals surface area contributed by atoms with Gasteiger partial charge in [0.25, 0.3) is 0 Å². The first-order valence-electron chi connectivity index (χ1n) is 18.8. The van der Waals surface area contributed by atoms with E-state index in [0.717, 1.165) is 48.6 Å². The molecule has 1 fully saturated rings. The minimum absolute atomic E-state index is 0.126. The van der Waals surface area contributed by atoms with Crippen LogP contribution < -0.4 is 16.4 Å². The maximum atomic E-state index is 14.0. The lowest BCUT2D eigenvalue weighted by Gasteiger charge is -2.40. The number of fused-ring (bicyclic) bond motifs is 3. The van der Waals surface area contributed by atoms with Gasteiger partial charge < -0.3 is 36.0 Å². The van der Waals surface area contributed by atoms with Crippen molar-refractivity contribution in [2.75, 3.05) is 19.6 Å². The van der Waals surface area contributed by atoms with Gasteiger partial charge in [-0.25, -0.2) is 14.6 Å². The normalized spacial score (nSPS) is 16.8. The fourth-order valence-corrected chi connectivity index (χ4v) is 7.80. The van der Waals surface area contributed by atoms with Gasteiger partial charge in [-0.15, -0.1) is 0 Å². The third kappa shape index (κ3) is 8.04. The van der Waals surface area contributed by atoms with E-state index in [0.29, 0.717) is 50.4 Å². The SMILES string of the molecule is CC(C)(C)OC(=O)[C@@H](CCCCN)NC(=O)C(C)(C)c1c[nH]c([C@@H](Cc2c[nH]c3ccccc23)NC(=O)N2CCC3(CCc4ccccc43)CC2)n1. The number of unbranched alkanes of at least 4 members (excludes halogenated alkanes) is 1. The molecule has 2 aromatic heterocycles. The molecule has 2 aliphatic rings. The zero-order chi connectivity index (χ0) is 37.1. The van der Waals surface area contributed by atoms with Crippen LogP contribution in [0.15, 0.2) is 60.9 Å². The van der Waals surface area contributed by atoms with E-state index in [9.17, 15) is 14.4 Å². The van der Waals surface area contributed by atoms with Crippen molar-refractivity contribution in [3.8, 4) is 0 Å². The minimum atomic E-state index is -1.10. The molecule has 278 valence electrons. The number of nitrogens with zero attached hydrogens (tertiary/aromatic N) is 2. The van der Waals surface area contributed by atoms with E-state index in [4.69, 9.17) is 15.5 Å². The molecule has 3 amide bonds. The third-order valence-corrected chi connectivity index (χ3v) is 10.9. The molecule has 6 N–H and O–H groups in total. The lowest BCUT2D eigenvalue weighted by atomic mass is 9.74. The number of H-pyrrole nitrogens is 2. The number of likely N-dealkylation sites (tertiary alicyclic amines) is 1. The highest BCUT2D eigenvalue weighted by molar-refractivity contribution is 5.91. The van der Waals surface area contributed by atoms with Crippen LogP contribution in [0, 0.1) is 0 Å². The van der Waals surface area contributed by atoms with Crippen LogP contribution in [-0.2, 0) is 38.0 Å². The predicted octanol–water partition coefficient (Wildman–Crippen LogP) is 6.10. The maximum absolute atomic E-state index is 14.0. The number of piperidine rings is 1. The fraction of sp³-hybridized carbons (Fsp3) is 0.512. The second-order valence-electron chi connectivity index (χ2n) is 16.1. The molecule has 1 spiro atoms. The number of hydrogen-bond acceptors (Lipinski definition) is 6. The molecular weight excluding hydrogens is 654 g/mol. The number of para-hydroxylation sites is 1. The largest absolute Gasteiger partial charge is 0.458 e. The van der Waals surface area contributed by atoms with Crippen molar-refractivity contribution in [1.29, 1.82) is 0 Å². The standard InChI is InChI=1S/C41H55N7O4/c1-39(2,3)52-36(49)32(16-10-11-21-42)45-37(50)40(4,5)34-26-44-35(47-34)33(24-28-25-43-31-15-9-7-13-29(28)31)46-38(51)48-22-19-41(20-23-48)18-17-27-12-6-8-14-30(27)41/h6-9,12-15,25-26,32-33,43H,10-11,16-24,42H2,1-5H3,(H,44,47)(H,45,50)(H,46,51)/t32-,33-/m1/s1. The zero-order valence-corrected chi connectivity index (χ0v) is 31.3. The quantitative estimate of drug-likeness (QED) is 0.0884. The molecule has 0 saturated carbocycles. The average Bonchev–Trinajstić information content (AvgIpc) is 3.86. The van der Waals surface area contributed by atoms with E-state index in [1.165, 1.54) is 11.1 Å². The van der Waals surface area contributed by atoms with Gasteiger partial charge in [0.05, 0.1) is 17.2 Å². The summed E-state index contributed by atoms with van der Waals surface area (Å²) in [6.07, 6.45) is 10.1. The summed E-state index contributed by atoms with van der Waals surface area (Å²) in [5.41, 5.74) is 9.52. The number of aromatic amines is 2. The molecule has 2 atom stereocenters. The Balaban J connectivity index is 1.20. The summed E-state index contributed by atoms with van der Waals surface area (Å²) in [6.45, 7) is 10.8. The Kier molecular flexibility index (Phi) is 10.8. The predicted molar refractivity (Wildman–Crippen MR) is 203 cm³/mol. The summed E-state index contributed by atoms with van der Waals surface area (Å²) in [5, 5.41) is 7.33. The molecule has 52 heavy (non-hydrogen) atoms. The Morgan fingerprint density at radius 1 is 0.942 bits per heavy atom. The number of amides is 3. The van der Waals surface area contributed by atoms with Crippen molar-refractivity contribution in [2.45, 2.75) is 114 Å². The highest BCUT2D eigenvalue weighted by Crippen LogP contribution is 2.46. The van der Waals surface area contributed by atoms with Gasteiger partial charge in [-0.3, -0.25) is 4.79 Å². The number of carbonyl (C=O) groups excluding carboxylic acids is 3. The van der Waals surface area contributed by atoms with Crippen molar-refractivity contribution in [2.24, 2.45) is 5.73 Å². The van der Waals surface area contributed by atoms with Gasteiger partial charge in [-0.05, 0) is 114 Å². The lowest BCUT2D eigenvalue weighted by Crippen LogP contribution is -2.50. The Morgan fingerprint density at radius 2 is 1.67 bits per heavy atom. The Bertz CT molecular complexity index is 1880. The molecule has 3 heterocycles. The van der Waals surface area contributed by atoms with Crippen LogP contribution in [0.2, 0.25) is 0 Å². The molecule has 4 aromatic rings. The van der Waals surface area contributed by atoms with Gasteiger partial charge in [0.1, 0.15) is 17.5 Å². The van der Waals surface area contributed by atoms with E-state index in [1.807, 2.05) is 29.3 Å². The van der Waals surface area contributed by atoms with Gasteiger partial charge in [0.2, 0.25) is 5.91 Å². The van der Waals surface area contributed by atoms with Gasteiger partial charge in [-0.1, -0.05) is 42.5 Å². The van der Waals surface area contributed by atoms with Crippen LogP contribution in [0.3, 0.4) is 0 Å². The van der Waals surface area contributed by atoms with Crippen LogP contribution in [0.1, 0.15) is 107 Å². The molecule has 1 aliphatic carbocycles. The summed E-state index contributed by atoms with van der Waals surface area (Å²) in [4.78, 5) is 54.5. The van der Waals surface area contributed by atoms with Crippen LogP contribution in [-0.4, -0.2) is 69.0 Å². The number of aryl methyl sites for hydroxylation is 1. The molecule has 0 unspecified atom stereocenters.